The van der Waals surface area contributed by atoms with Gasteiger partial charge in [-0.15, -0.1) is 0 Å². The summed E-state index contributed by atoms with van der Waals surface area (Å²) in [7, 11) is 0. The van der Waals surface area contributed by atoms with Crippen molar-refractivity contribution >= 4 is 0 Å². The molecular formula is C13H12F2N2O. The maximum atomic E-state index is 13.1. The van der Waals surface area contributed by atoms with E-state index < -0.39 is 17.7 Å². The van der Waals surface area contributed by atoms with Crippen molar-refractivity contribution in [2.24, 2.45) is 0 Å². The Kier molecular flexibility index (Phi) is 3.34. The lowest BCUT2D eigenvalue weighted by molar-refractivity contribution is 0.217. The fraction of sp³-hybridized carbons (Fsp3) is 0.231. The maximum Gasteiger partial charge on any atom is 0.126 e. The predicted molar refractivity (Wildman–Crippen MR) is 61.9 cm³/mol. The van der Waals surface area contributed by atoms with Gasteiger partial charge >= 0.3 is 0 Å². The van der Waals surface area contributed by atoms with Gasteiger partial charge in [0, 0.05) is 11.6 Å². The SMILES string of the molecule is Cc1cc(C(O)c2cc(F)cc(F)c2)c(C)nn1. The number of aromatic nitrogens is 2. The number of rotatable bonds is 2. The van der Waals surface area contributed by atoms with Crippen LogP contribution in [0.5, 0.6) is 0 Å². The average molecular weight is 250 g/mol. The molecule has 0 aliphatic heterocycles. The van der Waals surface area contributed by atoms with Crippen LogP contribution in [0.2, 0.25) is 0 Å². The van der Waals surface area contributed by atoms with Crippen LogP contribution < -0.4 is 0 Å². The third-order valence-electron chi connectivity index (χ3n) is 2.64. The normalized spacial score (nSPS) is 12.5. The molecule has 0 radical (unpaired) electrons. The Morgan fingerprint density at radius 3 is 2.22 bits per heavy atom. The number of halogens is 2. The van der Waals surface area contributed by atoms with Gasteiger partial charge < -0.3 is 5.11 Å². The van der Waals surface area contributed by atoms with Crippen molar-refractivity contribution in [1.82, 2.24) is 10.2 Å². The van der Waals surface area contributed by atoms with E-state index in [2.05, 4.69) is 10.2 Å². The summed E-state index contributed by atoms with van der Waals surface area (Å²) in [5.41, 5.74) is 1.81. The van der Waals surface area contributed by atoms with Gasteiger partial charge in [0.25, 0.3) is 0 Å². The lowest BCUT2D eigenvalue weighted by Gasteiger charge is -2.13. The van der Waals surface area contributed by atoms with Crippen molar-refractivity contribution < 1.29 is 13.9 Å². The molecule has 0 amide bonds. The number of benzene rings is 1. The zero-order chi connectivity index (χ0) is 13.3. The molecule has 0 saturated carbocycles. The fourth-order valence-electron chi connectivity index (χ4n) is 1.76. The summed E-state index contributed by atoms with van der Waals surface area (Å²) in [4.78, 5) is 0. The van der Waals surface area contributed by atoms with E-state index in [0.717, 1.165) is 18.2 Å². The summed E-state index contributed by atoms with van der Waals surface area (Å²) in [5.74, 6) is -1.44. The quantitative estimate of drug-likeness (QED) is 0.890. The van der Waals surface area contributed by atoms with E-state index >= 15 is 0 Å². The van der Waals surface area contributed by atoms with E-state index in [9.17, 15) is 13.9 Å². The number of hydrogen-bond acceptors (Lipinski definition) is 3. The first-order valence-corrected chi connectivity index (χ1v) is 5.42. The van der Waals surface area contributed by atoms with Crippen molar-refractivity contribution in [1.29, 1.82) is 0 Å². The molecule has 0 saturated heterocycles. The van der Waals surface area contributed by atoms with E-state index in [1.165, 1.54) is 0 Å². The van der Waals surface area contributed by atoms with Gasteiger partial charge in [-0.2, -0.15) is 10.2 Å². The fourth-order valence-corrected chi connectivity index (χ4v) is 1.76. The third kappa shape index (κ3) is 2.51. The smallest absolute Gasteiger partial charge is 0.126 e. The van der Waals surface area contributed by atoms with Gasteiger partial charge in [-0.3, -0.25) is 0 Å². The molecule has 2 aromatic rings. The van der Waals surface area contributed by atoms with Gasteiger partial charge in [-0.1, -0.05) is 0 Å². The Morgan fingerprint density at radius 1 is 1.00 bits per heavy atom. The van der Waals surface area contributed by atoms with Crippen LogP contribution in [-0.2, 0) is 0 Å². The zero-order valence-corrected chi connectivity index (χ0v) is 9.98. The molecule has 1 heterocycles. The second-order valence-electron chi connectivity index (χ2n) is 4.13. The Balaban J connectivity index is 2.47. The highest BCUT2D eigenvalue weighted by Gasteiger charge is 2.16. The first-order chi connectivity index (χ1) is 8.47. The molecule has 1 aromatic heterocycles. The predicted octanol–water partition coefficient (Wildman–Crippen LogP) is 2.45. The zero-order valence-electron chi connectivity index (χ0n) is 9.98. The van der Waals surface area contributed by atoms with Gasteiger partial charge in [-0.05, 0) is 37.6 Å². The molecule has 94 valence electrons. The number of aliphatic hydroxyl groups excluding tert-OH is 1. The average Bonchev–Trinajstić information content (AvgIpc) is 2.30. The monoisotopic (exact) mass is 250 g/mol. The maximum absolute atomic E-state index is 13.1. The highest BCUT2D eigenvalue weighted by molar-refractivity contribution is 5.32. The van der Waals surface area contributed by atoms with Crippen LogP contribution in [0.15, 0.2) is 24.3 Å². The first kappa shape index (κ1) is 12.6. The Hall–Kier alpha value is -1.88. The van der Waals surface area contributed by atoms with E-state index in [0.29, 0.717) is 17.0 Å². The van der Waals surface area contributed by atoms with Crippen molar-refractivity contribution in [2.45, 2.75) is 20.0 Å². The Morgan fingerprint density at radius 2 is 1.61 bits per heavy atom. The van der Waals surface area contributed by atoms with Gasteiger partial charge in [0.2, 0.25) is 0 Å². The first-order valence-electron chi connectivity index (χ1n) is 5.42. The molecule has 0 aliphatic rings. The Bertz CT molecular complexity index is 567. The van der Waals surface area contributed by atoms with E-state index in [-0.39, 0.29) is 5.56 Å². The van der Waals surface area contributed by atoms with Crippen LogP contribution in [0, 0.1) is 25.5 Å². The summed E-state index contributed by atoms with van der Waals surface area (Å²) in [6, 6.07) is 4.61. The molecule has 0 aliphatic carbocycles. The molecule has 1 unspecified atom stereocenters. The second-order valence-corrected chi connectivity index (χ2v) is 4.13. The van der Waals surface area contributed by atoms with Gasteiger partial charge in [-0.25, -0.2) is 8.78 Å². The Labute approximate surface area is 103 Å². The van der Waals surface area contributed by atoms with Crippen molar-refractivity contribution in [3.05, 3.63) is 58.4 Å². The van der Waals surface area contributed by atoms with Crippen LogP contribution in [0.1, 0.15) is 28.6 Å². The number of aliphatic hydroxyl groups is 1. The van der Waals surface area contributed by atoms with Crippen molar-refractivity contribution in [3.8, 4) is 0 Å². The molecule has 1 atom stereocenters. The summed E-state index contributed by atoms with van der Waals surface area (Å²) >= 11 is 0. The minimum atomic E-state index is -1.12. The van der Waals surface area contributed by atoms with E-state index in [4.69, 9.17) is 0 Å². The molecule has 5 heteroatoms. The molecule has 18 heavy (non-hydrogen) atoms. The molecule has 1 N–H and O–H groups in total. The number of hydrogen-bond donors (Lipinski definition) is 1. The van der Waals surface area contributed by atoms with Crippen LogP contribution in [0.3, 0.4) is 0 Å². The molecule has 3 nitrogen and oxygen atoms in total. The molecule has 0 fully saturated rings. The van der Waals surface area contributed by atoms with Crippen molar-refractivity contribution in [2.75, 3.05) is 0 Å². The van der Waals surface area contributed by atoms with Crippen molar-refractivity contribution in [3.63, 3.8) is 0 Å². The minimum absolute atomic E-state index is 0.156. The third-order valence-corrected chi connectivity index (χ3v) is 2.64. The van der Waals surface area contributed by atoms with Gasteiger partial charge in [0.15, 0.2) is 0 Å². The summed E-state index contributed by atoms with van der Waals surface area (Å²) in [5, 5.41) is 17.9. The molecule has 2 rings (SSSR count). The highest BCUT2D eigenvalue weighted by Crippen LogP contribution is 2.25. The number of aryl methyl sites for hydroxylation is 2. The van der Waals surface area contributed by atoms with Crippen LogP contribution in [0.4, 0.5) is 8.78 Å². The van der Waals surface area contributed by atoms with Gasteiger partial charge in [0.05, 0.1) is 11.4 Å². The largest absolute Gasteiger partial charge is 0.384 e. The topological polar surface area (TPSA) is 46.0 Å². The molecular weight excluding hydrogens is 238 g/mol. The van der Waals surface area contributed by atoms with E-state index in [1.807, 2.05) is 0 Å². The van der Waals surface area contributed by atoms with Crippen LogP contribution in [0.25, 0.3) is 0 Å². The second kappa shape index (κ2) is 4.78. The molecule has 0 bridgehead atoms. The minimum Gasteiger partial charge on any atom is -0.384 e. The van der Waals surface area contributed by atoms with Gasteiger partial charge in [0.1, 0.15) is 17.7 Å². The lowest BCUT2D eigenvalue weighted by atomic mass is 10.0. The molecule has 0 spiro atoms. The number of nitrogens with zero attached hydrogens (tertiary/aromatic N) is 2. The lowest BCUT2D eigenvalue weighted by Crippen LogP contribution is -2.06. The highest BCUT2D eigenvalue weighted by atomic mass is 19.1. The summed E-state index contributed by atoms with van der Waals surface area (Å²) in [6.07, 6.45) is -1.12. The summed E-state index contributed by atoms with van der Waals surface area (Å²) in [6.45, 7) is 3.41. The van der Waals surface area contributed by atoms with E-state index in [1.54, 1.807) is 19.9 Å². The van der Waals surface area contributed by atoms with Crippen LogP contribution in [-0.4, -0.2) is 15.3 Å². The van der Waals surface area contributed by atoms with Crippen LogP contribution >= 0.6 is 0 Å². The molecule has 1 aromatic carbocycles. The summed E-state index contributed by atoms with van der Waals surface area (Å²) < 4.78 is 26.2. The standard InChI is InChI=1S/C13H12F2N2O/c1-7-3-12(8(2)17-16-7)13(18)9-4-10(14)6-11(15)5-9/h3-6,13,18H,1-2H3.